The third-order valence-corrected chi connectivity index (χ3v) is 2.79. The van der Waals surface area contributed by atoms with Crippen molar-refractivity contribution < 1.29 is 19.2 Å². The Balaban J connectivity index is 2.94. The molecule has 0 fully saturated rings. The van der Waals surface area contributed by atoms with E-state index in [1.165, 1.54) is 28.8 Å². The molecule has 21 heavy (non-hydrogen) atoms. The van der Waals surface area contributed by atoms with Gasteiger partial charge in [-0.05, 0) is 13.3 Å². The number of likely N-dealkylation sites (N-methyl/N-ethyl adjacent to an activating group) is 1. The molecule has 1 rings (SSSR count). The zero-order valence-corrected chi connectivity index (χ0v) is 12.4. The highest BCUT2D eigenvalue weighted by atomic mass is 16.6. The molecule has 8 heteroatoms. The van der Waals surface area contributed by atoms with Gasteiger partial charge in [0.25, 0.3) is 11.6 Å². The summed E-state index contributed by atoms with van der Waals surface area (Å²) in [6.45, 7) is 4.11. The lowest BCUT2D eigenvalue weighted by Crippen LogP contribution is -2.34. The fourth-order valence-electron chi connectivity index (χ4n) is 1.87. The maximum Gasteiger partial charge on any atom is 0.325 e. The van der Waals surface area contributed by atoms with Crippen LogP contribution in [0.1, 0.15) is 30.8 Å². The van der Waals surface area contributed by atoms with Crippen molar-refractivity contribution in [2.45, 2.75) is 26.8 Å². The minimum Gasteiger partial charge on any atom is -0.465 e. The number of rotatable bonds is 7. The van der Waals surface area contributed by atoms with Gasteiger partial charge in [0.1, 0.15) is 12.2 Å². The molecule has 0 spiro atoms. The molecule has 0 aromatic carbocycles. The van der Waals surface area contributed by atoms with Gasteiger partial charge in [0.05, 0.1) is 17.7 Å². The van der Waals surface area contributed by atoms with Gasteiger partial charge in [0, 0.05) is 19.7 Å². The standard InChI is InChI=1S/C13H19N3O5/c1-4-6-15-8-10(16(19)20)7-11(15)13(18)14(3)9-12(17)21-5-2/h7-8H,4-6,9H2,1-3H3. The van der Waals surface area contributed by atoms with E-state index < -0.39 is 16.8 Å². The molecule has 0 aliphatic carbocycles. The normalized spacial score (nSPS) is 10.2. The predicted molar refractivity (Wildman–Crippen MR) is 75.0 cm³/mol. The molecule has 1 aromatic heterocycles. The Morgan fingerprint density at radius 1 is 1.43 bits per heavy atom. The number of hydrogen-bond donors (Lipinski definition) is 0. The minimum absolute atomic E-state index is 0.142. The van der Waals surface area contributed by atoms with Crippen LogP contribution in [0.4, 0.5) is 5.69 Å². The molecule has 1 amide bonds. The zero-order valence-electron chi connectivity index (χ0n) is 12.4. The highest BCUT2D eigenvalue weighted by Gasteiger charge is 2.23. The average molecular weight is 297 g/mol. The maximum absolute atomic E-state index is 12.3. The number of aromatic nitrogens is 1. The SMILES string of the molecule is CCCn1cc([N+](=O)[O-])cc1C(=O)N(C)CC(=O)OCC. The summed E-state index contributed by atoms with van der Waals surface area (Å²) in [6, 6.07) is 1.22. The lowest BCUT2D eigenvalue weighted by atomic mass is 10.3. The number of carbonyl (C=O) groups excluding carboxylic acids is 2. The number of carbonyl (C=O) groups is 2. The molecule has 0 radical (unpaired) electrons. The average Bonchev–Trinajstić information content (AvgIpc) is 2.82. The molecule has 0 saturated heterocycles. The van der Waals surface area contributed by atoms with Crippen LogP contribution in [0.25, 0.3) is 0 Å². The number of ether oxygens (including phenoxy) is 1. The van der Waals surface area contributed by atoms with Gasteiger partial charge < -0.3 is 14.2 Å². The first-order valence-corrected chi connectivity index (χ1v) is 6.66. The largest absolute Gasteiger partial charge is 0.465 e. The molecule has 1 aromatic rings. The highest BCUT2D eigenvalue weighted by Crippen LogP contribution is 2.18. The molecule has 0 atom stereocenters. The van der Waals surface area contributed by atoms with E-state index in [0.29, 0.717) is 6.54 Å². The van der Waals surface area contributed by atoms with Gasteiger partial charge in [-0.1, -0.05) is 6.92 Å². The Labute approximate surface area is 122 Å². The van der Waals surface area contributed by atoms with Gasteiger partial charge in [-0.15, -0.1) is 0 Å². The smallest absolute Gasteiger partial charge is 0.325 e. The monoisotopic (exact) mass is 297 g/mol. The van der Waals surface area contributed by atoms with E-state index >= 15 is 0 Å². The van der Waals surface area contributed by atoms with Gasteiger partial charge >= 0.3 is 5.97 Å². The number of amides is 1. The third-order valence-electron chi connectivity index (χ3n) is 2.79. The highest BCUT2D eigenvalue weighted by molar-refractivity contribution is 5.95. The van der Waals surface area contributed by atoms with E-state index in [1.54, 1.807) is 6.92 Å². The molecular formula is C13H19N3O5. The van der Waals surface area contributed by atoms with Crippen LogP contribution in [0.15, 0.2) is 12.3 Å². The predicted octanol–water partition coefficient (Wildman–Crippen LogP) is 1.44. The summed E-state index contributed by atoms with van der Waals surface area (Å²) in [5.74, 6) is -0.971. The van der Waals surface area contributed by atoms with Crippen LogP contribution >= 0.6 is 0 Å². The van der Waals surface area contributed by atoms with Crippen molar-refractivity contribution in [2.75, 3.05) is 20.2 Å². The topological polar surface area (TPSA) is 94.7 Å². The van der Waals surface area contributed by atoms with Gasteiger partial charge in [0.15, 0.2) is 0 Å². The van der Waals surface area contributed by atoms with Crippen LogP contribution in [-0.4, -0.2) is 46.5 Å². The molecule has 8 nitrogen and oxygen atoms in total. The molecule has 0 bridgehead atoms. The quantitative estimate of drug-likeness (QED) is 0.431. The van der Waals surface area contributed by atoms with Crippen LogP contribution in [0, 0.1) is 10.1 Å². The van der Waals surface area contributed by atoms with Crippen molar-refractivity contribution in [1.29, 1.82) is 0 Å². The summed E-state index contributed by atoms with van der Waals surface area (Å²) in [5.41, 5.74) is 0.0479. The lowest BCUT2D eigenvalue weighted by molar-refractivity contribution is -0.384. The summed E-state index contributed by atoms with van der Waals surface area (Å²) in [6.07, 6.45) is 2.06. The number of esters is 1. The Morgan fingerprint density at radius 3 is 2.62 bits per heavy atom. The Kier molecular flexibility index (Phi) is 5.89. The lowest BCUT2D eigenvalue weighted by Gasteiger charge is -2.17. The summed E-state index contributed by atoms with van der Waals surface area (Å²) in [5, 5.41) is 10.8. The van der Waals surface area contributed by atoms with Crippen molar-refractivity contribution in [3.8, 4) is 0 Å². The maximum atomic E-state index is 12.3. The van der Waals surface area contributed by atoms with E-state index in [0.717, 1.165) is 6.42 Å². The minimum atomic E-state index is -0.547. The van der Waals surface area contributed by atoms with Crippen molar-refractivity contribution >= 4 is 17.6 Å². The van der Waals surface area contributed by atoms with Crippen LogP contribution in [0.5, 0.6) is 0 Å². The molecule has 0 aliphatic rings. The van der Waals surface area contributed by atoms with E-state index in [4.69, 9.17) is 4.74 Å². The van der Waals surface area contributed by atoms with Crippen molar-refractivity contribution in [2.24, 2.45) is 0 Å². The van der Waals surface area contributed by atoms with Crippen molar-refractivity contribution in [3.05, 3.63) is 28.1 Å². The first-order valence-electron chi connectivity index (χ1n) is 6.66. The molecule has 0 N–H and O–H groups in total. The van der Waals surface area contributed by atoms with Crippen molar-refractivity contribution in [1.82, 2.24) is 9.47 Å². The van der Waals surface area contributed by atoms with Gasteiger partial charge in [0.2, 0.25) is 0 Å². The van der Waals surface area contributed by atoms with Crippen LogP contribution in [0.3, 0.4) is 0 Å². The summed E-state index contributed by atoms with van der Waals surface area (Å²) in [7, 11) is 1.45. The van der Waals surface area contributed by atoms with Crippen LogP contribution in [-0.2, 0) is 16.1 Å². The van der Waals surface area contributed by atoms with Crippen molar-refractivity contribution in [3.63, 3.8) is 0 Å². The van der Waals surface area contributed by atoms with Gasteiger partial charge in [-0.3, -0.25) is 19.7 Å². The second-order valence-corrected chi connectivity index (χ2v) is 4.50. The molecule has 1 heterocycles. The Hall–Kier alpha value is -2.38. The van der Waals surface area contributed by atoms with Crippen LogP contribution in [0.2, 0.25) is 0 Å². The van der Waals surface area contributed by atoms with E-state index in [-0.39, 0.29) is 24.5 Å². The summed E-state index contributed by atoms with van der Waals surface area (Å²) < 4.78 is 6.30. The fraction of sp³-hybridized carbons (Fsp3) is 0.538. The molecule has 0 saturated carbocycles. The zero-order chi connectivity index (χ0) is 16.0. The van der Waals surface area contributed by atoms with E-state index in [1.807, 2.05) is 6.92 Å². The number of hydrogen-bond acceptors (Lipinski definition) is 5. The third kappa shape index (κ3) is 4.30. The van der Waals surface area contributed by atoms with E-state index in [2.05, 4.69) is 0 Å². The van der Waals surface area contributed by atoms with Gasteiger partial charge in [-0.25, -0.2) is 0 Å². The number of nitrogens with zero attached hydrogens (tertiary/aromatic N) is 3. The molecule has 0 unspecified atom stereocenters. The van der Waals surface area contributed by atoms with Crippen LogP contribution < -0.4 is 0 Å². The Bertz CT molecular complexity index is 538. The number of aryl methyl sites for hydroxylation is 1. The number of nitro groups is 1. The fourth-order valence-corrected chi connectivity index (χ4v) is 1.87. The summed E-state index contributed by atoms with van der Waals surface area (Å²) in [4.78, 5) is 35.1. The molecule has 0 aliphatic heterocycles. The Morgan fingerprint density at radius 2 is 2.10 bits per heavy atom. The van der Waals surface area contributed by atoms with Gasteiger partial charge in [-0.2, -0.15) is 0 Å². The first-order chi connectivity index (χ1) is 9.90. The molecule has 116 valence electrons. The molecular weight excluding hydrogens is 278 g/mol. The summed E-state index contributed by atoms with van der Waals surface area (Å²) >= 11 is 0. The first kappa shape index (κ1) is 16.7. The second kappa shape index (κ2) is 7.41. The second-order valence-electron chi connectivity index (χ2n) is 4.50. The van der Waals surface area contributed by atoms with E-state index in [9.17, 15) is 19.7 Å².